The summed E-state index contributed by atoms with van der Waals surface area (Å²) in [4.78, 5) is 23.3. The smallest absolute Gasteiger partial charge is 0.255 e. The number of benzene rings is 1. The third-order valence-corrected chi connectivity index (χ3v) is 4.50. The molecule has 138 valence electrons. The van der Waals surface area contributed by atoms with Crippen molar-refractivity contribution in [2.24, 2.45) is 0 Å². The molecule has 0 bridgehead atoms. The Morgan fingerprint density at radius 1 is 1.07 bits per heavy atom. The molecule has 3 aromatic rings. The largest absolute Gasteiger partial charge is 0.492 e. The minimum atomic E-state index is -0.292. The Morgan fingerprint density at radius 2 is 1.85 bits per heavy atom. The van der Waals surface area contributed by atoms with Crippen LogP contribution in [0.5, 0.6) is 5.75 Å². The van der Waals surface area contributed by atoms with E-state index in [9.17, 15) is 9.18 Å². The number of nitrogens with zero attached hydrogens (tertiary/aromatic N) is 4. The third kappa shape index (κ3) is 3.81. The molecule has 0 saturated carbocycles. The monoisotopic (exact) mass is 366 g/mol. The van der Waals surface area contributed by atoms with Crippen LogP contribution in [0.1, 0.15) is 6.42 Å². The highest BCUT2D eigenvalue weighted by Gasteiger charge is 2.20. The van der Waals surface area contributed by atoms with E-state index in [4.69, 9.17) is 9.72 Å². The molecule has 0 fully saturated rings. The maximum absolute atomic E-state index is 13.0. The Morgan fingerprint density at radius 3 is 2.63 bits per heavy atom. The number of aromatic nitrogens is 3. The van der Waals surface area contributed by atoms with Crippen molar-refractivity contribution in [3.8, 4) is 17.0 Å². The second-order valence-corrected chi connectivity index (χ2v) is 6.31. The van der Waals surface area contributed by atoms with Crippen molar-refractivity contribution >= 4 is 5.95 Å². The summed E-state index contributed by atoms with van der Waals surface area (Å²) in [5.41, 5.74) is 1.44. The van der Waals surface area contributed by atoms with Crippen LogP contribution in [0, 0.1) is 5.82 Å². The average molecular weight is 366 g/mol. The molecule has 1 aromatic carbocycles. The molecule has 4 rings (SSSR count). The van der Waals surface area contributed by atoms with E-state index in [2.05, 4.69) is 9.88 Å². The van der Waals surface area contributed by atoms with E-state index in [1.807, 2.05) is 12.1 Å². The zero-order chi connectivity index (χ0) is 18.6. The first-order valence-electron chi connectivity index (χ1n) is 8.86. The summed E-state index contributed by atoms with van der Waals surface area (Å²) in [5, 5.41) is 0. The standard InChI is InChI=1S/C20H19FN4O2/c21-16-2-4-17(5-3-16)27-13-12-24-10-1-11-25-19(26)14-18(23-20(24)25)15-6-8-22-9-7-15/h2-9,14H,1,10-13H2. The first-order chi connectivity index (χ1) is 13.2. The Hall–Kier alpha value is -3.22. The van der Waals surface area contributed by atoms with E-state index in [0.29, 0.717) is 37.1 Å². The van der Waals surface area contributed by atoms with Crippen molar-refractivity contribution in [2.45, 2.75) is 13.0 Å². The molecule has 2 aromatic heterocycles. The predicted octanol–water partition coefficient (Wildman–Crippen LogP) is 2.73. The van der Waals surface area contributed by atoms with E-state index in [-0.39, 0.29) is 11.4 Å². The molecule has 1 aliphatic heterocycles. The van der Waals surface area contributed by atoms with Gasteiger partial charge in [-0.25, -0.2) is 9.37 Å². The van der Waals surface area contributed by atoms with Crippen LogP contribution < -0.4 is 15.2 Å². The highest BCUT2D eigenvalue weighted by atomic mass is 19.1. The van der Waals surface area contributed by atoms with Gasteiger partial charge >= 0.3 is 0 Å². The quantitative estimate of drug-likeness (QED) is 0.695. The predicted molar refractivity (Wildman–Crippen MR) is 100 cm³/mol. The van der Waals surface area contributed by atoms with E-state index >= 15 is 0 Å². The molecular formula is C20H19FN4O2. The summed E-state index contributed by atoms with van der Waals surface area (Å²) in [6.07, 6.45) is 4.24. The van der Waals surface area contributed by atoms with Gasteiger partial charge in [-0.1, -0.05) is 0 Å². The average Bonchev–Trinajstić information content (AvgIpc) is 2.70. The van der Waals surface area contributed by atoms with Crippen LogP contribution in [0.25, 0.3) is 11.3 Å². The van der Waals surface area contributed by atoms with Gasteiger partial charge in [-0.3, -0.25) is 14.3 Å². The molecule has 27 heavy (non-hydrogen) atoms. The van der Waals surface area contributed by atoms with Gasteiger partial charge in [0.1, 0.15) is 18.2 Å². The molecule has 0 spiro atoms. The van der Waals surface area contributed by atoms with Crippen LogP contribution in [-0.2, 0) is 6.54 Å². The van der Waals surface area contributed by atoms with E-state index in [0.717, 1.165) is 18.5 Å². The fraction of sp³-hybridized carbons (Fsp3) is 0.250. The normalized spacial score (nSPS) is 13.3. The van der Waals surface area contributed by atoms with Crippen LogP contribution in [-0.4, -0.2) is 34.2 Å². The third-order valence-electron chi connectivity index (χ3n) is 4.50. The van der Waals surface area contributed by atoms with Gasteiger partial charge in [-0.15, -0.1) is 0 Å². The SMILES string of the molecule is O=c1cc(-c2ccncc2)nc2n1CCCN2CCOc1ccc(F)cc1. The van der Waals surface area contributed by atoms with Crippen LogP contribution in [0.15, 0.2) is 59.7 Å². The van der Waals surface area contributed by atoms with Crippen LogP contribution >= 0.6 is 0 Å². The lowest BCUT2D eigenvalue weighted by Crippen LogP contribution is -2.40. The molecular weight excluding hydrogens is 347 g/mol. The minimum absolute atomic E-state index is 0.0593. The first-order valence-corrected chi connectivity index (χ1v) is 8.86. The topological polar surface area (TPSA) is 60.2 Å². The molecule has 0 atom stereocenters. The Bertz CT molecular complexity index is 974. The molecule has 7 heteroatoms. The summed E-state index contributed by atoms with van der Waals surface area (Å²) in [6, 6.07) is 11.2. The van der Waals surface area contributed by atoms with E-state index in [1.165, 1.54) is 12.1 Å². The van der Waals surface area contributed by atoms with Gasteiger partial charge in [0.2, 0.25) is 5.95 Å². The lowest BCUT2D eigenvalue weighted by molar-refractivity contribution is 0.318. The molecule has 1 aliphatic rings. The number of pyridine rings is 1. The Labute approximate surface area is 155 Å². The van der Waals surface area contributed by atoms with Crippen LogP contribution in [0.3, 0.4) is 0 Å². The minimum Gasteiger partial charge on any atom is -0.492 e. The van der Waals surface area contributed by atoms with Crippen molar-refractivity contribution in [2.75, 3.05) is 24.6 Å². The molecule has 6 nitrogen and oxygen atoms in total. The number of ether oxygens (including phenoxy) is 1. The Kier molecular flexibility index (Phi) is 4.82. The summed E-state index contributed by atoms with van der Waals surface area (Å²) >= 11 is 0. The van der Waals surface area contributed by atoms with Crippen molar-refractivity contribution in [1.82, 2.24) is 14.5 Å². The first kappa shape index (κ1) is 17.2. The van der Waals surface area contributed by atoms with E-state index in [1.54, 1.807) is 35.2 Å². The molecule has 0 aliphatic carbocycles. The highest BCUT2D eigenvalue weighted by molar-refractivity contribution is 5.59. The lowest BCUT2D eigenvalue weighted by atomic mass is 10.2. The molecule has 0 radical (unpaired) electrons. The summed E-state index contributed by atoms with van der Waals surface area (Å²) in [7, 11) is 0. The number of fused-ring (bicyclic) bond motifs is 1. The van der Waals surface area contributed by atoms with Crippen LogP contribution in [0.4, 0.5) is 10.3 Å². The van der Waals surface area contributed by atoms with Gasteiger partial charge in [0.15, 0.2) is 0 Å². The molecule has 0 amide bonds. The molecule has 0 unspecified atom stereocenters. The Balaban J connectivity index is 1.54. The summed E-state index contributed by atoms with van der Waals surface area (Å²) < 4.78 is 20.4. The zero-order valence-electron chi connectivity index (χ0n) is 14.7. The summed E-state index contributed by atoms with van der Waals surface area (Å²) in [6.45, 7) is 2.47. The van der Waals surface area contributed by atoms with Gasteiger partial charge in [0.05, 0.1) is 12.2 Å². The summed E-state index contributed by atoms with van der Waals surface area (Å²) in [5.74, 6) is 0.979. The number of anilines is 1. The van der Waals surface area contributed by atoms with Gasteiger partial charge < -0.3 is 9.64 Å². The van der Waals surface area contributed by atoms with Crippen LogP contribution in [0.2, 0.25) is 0 Å². The van der Waals surface area contributed by atoms with Crippen molar-refractivity contribution in [3.05, 3.63) is 71.0 Å². The van der Waals surface area contributed by atoms with E-state index < -0.39 is 0 Å². The van der Waals surface area contributed by atoms with Gasteiger partial charge in [0.25, 0.3) is 5.56 Å². The molecule has 0 N–H and O–H groups in total. The maximum Gasteiger partial charge on any atom is 0.255 e. The number of hydrogen-bond acceptors (Lipinski definition) is 5. The van der Waals surface area contributed by atoms with Crippen molar-refractivity contribution in [1.29, 1.82) is 0 Å². The fourth-order valence-electron chi connectivity index (χ4n) is 3.15. The number of hydrogen-bond donors (Lipinski definition) is 0. The van der Waals surface area contributed by atoms with Gasteiger partial charge in [0, 0.05) is 37.1 Å². The van der Waals surface area contributed by atoms with Gasteiger partial charge in [-0.05, 0) is 42.8 Å². The second-order valence-electron chi connectivity index (χ2n) is 6.31. The zero-order valence-corrected chi connectivity index (χ0v) is 14.7. The molecule has 3 heterocycles. The number of halogens is 1. The highest BCUT2D eigenvalue weighted by Crippen LogP contribution is 2.21. The number of rotatable bonds is 5. The lowest BCUT2D eigenvalue weighted by Gasteiger charge is -2.30. The fourth-order valence-corrected chi connectivity index (χ4v) is 3.15. The molecule has 0 saturated heterocycles. The maximum atomic E-state index is 13.0. The van der Waals surface area contributed by atoms with Crippen molar-refractivity contribution in [3.63, 3.8) is 0 Å². The second kappa shape index (κ2) is 7.57. The van der Waals surface area contributed by atoms with Gasteiger partial charge in [-0.2, -0.15) is 0 Å². The van der Waals surface area contributed by atoms with Crippen molar-refractivity contribution < 1.29 is 9.13 Å².